The highest BCUT2D eigenvalue weighted by Crippen LogP contribution is 2.41. The summed E-state index contributed by atoms with van der Waals surface area (Å²) in [7, 11) is 3.67. The van der Waals surface area contributed by atoms with Gasteiger partial charge in [0, 0.05) is 86.2 Å². The second-order valence-electron chi connectivity index (χ2n) is 11.5. The number of amides is 1. The first-order valence-corrected chi connectivity index (χ1v) is 15.6. The molecule has 0 spiro atoms. The fraction of sp³-hybridized carbons (Fsp3) is 0.364. The summed E-state index contributed by atoms with van der Waals surface area (Å²) in [4.78, 5) is 27.4. The van der Waals surface area contributed by atoms with Gasteiger partial charge in [0.1, 0.15) is 0 Å². The lowest BCUT2D eigenvalue weighted by atomic mass is 9.99. The summed E-state index contributed by atoms with van der Waals surface area (Å²) in [6, 6.07) is 15.2. The molecule has 0 radical (unpaired) electrons. The lowest BCUT2D eigenvalue weighted by molar-refractivity contribution is 0.0472. The van der Waals surface area contributed by atoms with E-state index in [-0.39, 0.29) is 12.5 Å². The second-order valence-corrected chi connectivity index (χ2v) is 12.2. The van der Waals surface area contributed by atoms with Crippen LogP contribution in [-0.4, -0.2) is 75.7 Å². The van der Waals surface area contributed by atoms with Crippen LogP contribution in [-0.2, 0) is 26.1 Å². The number of nitrogens with one attached hydrogen (secondary N) is 1. The Balaban J connectivity index is 1.27. The number of methoxy groups -OCH3 is 1. The van der Waals surface area contributed by atoms with E-state index in [4.69, 9.17) is 37.9 Å². The SMILES string of the molecule is CCn1c(C(=O)Nc2cccc(-c3cccc(-c4ccc(CN5CC(CO)C5)c(OC)n4)c3Cl)c2Cl)nc2c1CCN(C)C2. The Morgan fingerprint density at radius 2 is 1.77 bits per heavy atom. The van der Waals surface area contributed by atoms with Crippen LogP contribution in [0, 0.1) is 5.92 Å². The standard InChI is InChI=1S/C33H36Cl2N6O3/c1-4-41-28-13-14-39(2)18-27(28)36-31(41)32(43)37-26-10-6-8-23(30(26)35)22-7-5-9-24(29(22)34)25-12-11-21(33(38-25)44-3)17-40-15-20(16-40)19-42/h5-12,20,42H,4,13-19H2,1-3H3,(H,37,43). The highest BCUT2D eigenvalue weighted by atomic mass is 35.5. The minimum absolute atomic E-state index is 0.211. The summed E-state index contributed by atoms with van der Waals surface area (Å²) in [5.41, 5.74) is 6.35. The third-order valence-corrected chi connectivity index (χ3v) is 9.27. The summed E-state index contributed by atoms with van der Waals surface area (Å²) in [6.07, 6.45) is 0.859. The van der Waals surface area contributed by atoms with Crippen molar-refractivity contribution in [2.45, 2.75) is 33.0 Å². The van der Waals surface area contributed by atoms with Crippen LogP contribution in [0.1, 0.15) is 34.5 Å². The summed E-state index contributed by atoms with van der Waals surface area (Å²) < 4.78 is 7.64. The van der Waals surface area contributed by atoms with Gasteiger partial charge in [0.15, 0.2) is 5.82 Å². The number of aliphatic hydroxyl groups excluding tert-OH is 1. The van der Waals surface area contributed by atoms with Gasteiger partial charge in [-0.05, 0) is 26.1 Å². The first-order chi connectivity index (χ1) is 21.3. The first-order valence-electron chi connectivity index (χ1n) is 14.8. The molecular weight excluding hydrogens is 599 g/mol. The van der Waals surface area contributed by atoms with Crippen molar-refractivity contribution < 1.29 is 14.6 Å². The number of benzene rings is 2. The van der Waals surface area contributed by atoms with Crippen LogP contribution in [0.4, 0.5) is 5.69 Å². The quantitative estimate of drug-likeness (QED) is 0.247. The predicted octanol–water partition coefficient (Wildman–Crippen LogP) is 5.61. The smallest absolute Gasteiger partial charge is 0.291 e. The molecule has 0 unspecified atom stereocenters. The number of fused-ring (bicyclic) bond motifs is 1. The zero-order valence-electron chi connectivity index (χ0n) is 25.1. The second kappa shape index (κ2) is 12.9. The maximum atomic E-state index is 13.5. The van der Waals surface area contributed by atoms with Crippen LogP contribution >= 0.6 is 23.2 Å². The molecule has 0 atom stereocenters. The number of rotatable bonds is 9. The van der Waals surface area contributed by atoms with Gasteiger partial charge in [0.05, 0.1) is 34.2 Å². The Bertz CT molecular complexity index is 1700. The number of imidazole rings is 1. The molecule has 2 N–H and O–H groups in total. The van der Waals surface area contributed by atoms with Crippen molar-refractivity contribution in [2.75, 3.05) is 45.7 Å². The molecule has 0 aliphatic carbocycles. The molecule has 6 rings (SSSR count). The number of likely N-dealkylation sites (tertiary alicyclic amines) is 1. The van der Waals surface area contributed by atoms with E-state index in [0.29, 0.717) is 57.7 Å². The molecular formula is C33H36Cl2N6O3. The van der Waals surface area contributed by atoms with Gasteiger partial charge in [0.25, 0.3) is 5.91 Å². The lowest BCUT2D eigenvalue weighted by Crippen LogP contribution is -2.47. The zero-order valence-corrected chi connectivity index (χ0v) is 26.6. The maximum Gasteiger partial charge on any atom is 0.291 e. The first kappa shape index (κ1) is 30.6. The number of nitrogens with zero attached hydrogens (tertiary/aromatic N) is 5. The molecule has 9 nitrogen and oxygen atoms in total. The van der Waals surface area contributed by atoms with E-state index in [1.807, 2.05) is 54.0 Å². The highest BCUT2D eigenvalue weighted by Gasteiger charge is 2.28. The molecule has 0 saturated carbocycles. The summed E-state index contributed by atoms with van der Waals surface area (Å²) in [6.45, 7) is 6.97. The predicted molar refractivity (Wildman–Crippen MR) is 173 cm³/mol. The fourth-order valence-corrected chi connectivity index (χ4v) is 6.72. The highest BCUT2D eigenvalue weighted by molar-refractivity contribution is 6.39. The largest absolute Gasteiger partial charge is 0.481 e. The van der Waals surface area contributed by atoms with Gasteiger partial charge >= 0.3 is 0 Å². The van der Waals surface area contributed by atoms with Crippen LogP contribution in [0.5, 0.6) is 5.88 Å². The average molecular weight is 636 g/mol. The molecule has 4 heterocycles. The molecule has 1 amide bonds. The van der Waals surface area contributed by atoms with E-state index in [0.717, 1.165) is 60.7 Å². The monoisotopic (exact) mass is 634 g/mol. The molecule has 0 bridgehead atoms. The molecule has 11 heteroatoms. The van der Waals surface area contributed by atoms with Crippen molar-refractivity contribution in [3.63, 3.8) is 0 Å². The number of likely N-dealkylation sites (N-methyl/N-ethyl adjacent to an activating group) is 1. The molecule has 2 aromatic heterocycles. The van der Waals surface area contributed by atoms with E-state index >= 15 is 0 Å². The maximum absolute atomic E-state index is 13.5. The minimum Gasteiger partial charge on any atom is -0.481 e. The number of hydrogen-bond acceptors (Lipinski definition) is 7. The molecule has 2 aromatic carbocycles. The number of aromatic nitrogens is 3. The number of carbonyl (C=O) groups is 1. The van der Waals surface area contributed by atoms with Crippen LogP contribution in [0.3, 0.4) is 0 Å². The summed E-state index contributed by atoms with van der Waals surface area (Å²) >= 11 is 14.0. The Hall–Kier alpha value is -3.47. The van der Waals surface area contributed by atoms with Crippen LogP contribution < -0.4 is 10.1 Å². The molecule has 4 aromatic rings. The molecule has 1 fully saturated rings. The van der Waals surface area contributed by atoms with Gasteiger partial charge in [-0.3, -0.25) is 9.69 Å². The summed E-state index contributed by atoms with van der Waals surface area (Å²) in [5, 5.41) is 13.2. The molecule has 230 valence electrons. The van der Waals surface area contributed by atoms with Crippen LogP contribution in [0.25, 0.3) is 22.4 Å². The van der Waals surface area contributed by atoms with Crippen molar-refractivity contribution in [1.82, 2.24) is 24.3 Å². The van der Waals surface area contributed by atoms with Gasteiger partial charge in [-0.15, -0.1) is 0 Å². The number of aliphatic hydroxyl groups is 1. The minimum atomic E-state index is -0.302. The van der Waals surface area contributed by atoms with E-state index in [2.05, 4.69) is 22.2 Å². The third-order valence-electron chi connectivity index (χ3n) is 8.45. The molecule has 2 aliphatic rings. The van der Waals surface area contributed by atoms with Crippen LogP contribution in [0.2, 0.25) is 10.0 Å². The Kier molecular flexibility index (Phi) is 8.94. The fourth-order valence-electron chi connectivity index (χ4n) is 6.12. The van der Waals surface area contributed by atoms with Gasteiger partial charge in [-0.25, -0.2) is 9.97 Å². The van der Waals surface area contributed by atoms with E-state index in [9.17, 15) is 9.90 Å². The van der Waals surface area contributed by atoms with Crippen LogP contribution in [0.15, 0.2) is 48.5 Å². The van der Waals surface area contributed by atoms with Gasteiger partial charge in [0.2, 0.25) is 5.88 Å². The Labute approximate surface area is 267 Å². The normalized spacial score (nSPS) is 15.6. The number of ether oxygens (including phenoxy) is 1. The summed E-state index contributed by atoms with van der Waals surface area (Å²) in [5.74, 6) is 0.961. The average Bonchev–Trinajstić information content (AvgIpc) is 3.38. The van der Waals surface area contributed by atoms with Gasteiger partial charge < -0.3 is 24.6 Å². The third kappa shape index (κ3) is 5.82. The molecule has 1 saturated heterocycles. The number of carbonyl (C=O) groups excluding carboxylic acids is 1. The number of anilines is 1. The lowest BCUT2D eigenvalue weighted by Gasteiger charge is -2.38. The molecule has 44 heavy (non-hydrogen) atoms. The zero-order chi connectivity index (χ0) is 31.0. The molecule has 2 aliphatic heterocycles. The number of halogens is 2. The van der Waals surface area contributed by atoms with Crippen molar-refractivity contribution >= 4 is 34.8 Å². The van der Waals surface area contributed by atoms with E-state index in [1.54, 1.807) is 13.2 Å². The van der Waals surface area contributed by atoms with Crippen molar-refractivity contribution in [3.05, 3.63) is 81.4 Å². The van der Waals surface area contributed by atoms with E-state index in [1.165, 1.54) is 0 Å². The van der Waals surface area contributed by atoms with Crippen molar-refractivity contribution in [1.29, 1.82) is 0 Å². The van der Waals surface area contributed by atoms with Crippen molar-refractivity contribution in [2.24, 2.45) is 5.92 Å². The number of hydrogen-bond donors (Lipinski definition) is 2. The van der Waals surface area contributed by atoms with Gasteiger partial charge in [-0.2, -0.15) is 0 Å². The van der Waals surface area contributed by atoms with Gasteiger partial charge in [-0.1, -0.05) is 59.6 Å². The Morgan fingerprint density at radius 3 is 2.50 bits per heavy atom. The number of pyridine rings is 1. The Morgan fingerprint density at radius 1 is 1.05 bits per heavy atom. The van der Waals surface area contributed by atoms with E-state index < -0.39 is 0 Å². The topological polar surface area (TPSA) is 95.8 Å². The van der Waals surface area contributed by atoms with Crippen molar-refractivity contribution in [3.8, 4) is 28.3 Å².